The first kappa shape index (κ1) is 15.1. The first-order chi connectivity index (χ1) is 10.0. The molecule has 0 spiro atoms. The minimum absolute atomic E-state index is 0.466. The quantitative estimate of drug-likeness (QED) is 0.915. The van der Waals surface area contributed by atoms with Crippen molar-refractivity contribution in [2.45, 2.75) is 20.3 Å². The average Bonchev–Trinajstić information content (AvgIpc) is 2.45. The minimum Gasteiger partial charge on any atom is -0.497 e. The van der Waals surface area contributed by atoms with Crippen molar-refractivity contribution in [3.63, 3.8) is 0 Å². The lowest BCUT2D eigenvalue weighted by atomic mass is 10.1. The molecule has 5 nitrogen and oxygen atoms in total. The van der Waals surface area contributed by atoms with E-state index in [1.54, 1.807) is 14.2 Å². The lowest BCUT2D eigenvalue weighted by molar-refractivity contribution is 0.395. The molecule has 1 aromatic heterocycles. The average molecular weight is 287 g/mol. The number of rotatable bonds is 5. The summed E-state index contributed by atoms with van der Waals surface area (Å²) in [5, 5.41) is 0. The van der Waals surface area contributed by atoms with Crippen LogP contribution in [0, 0.1) is 5.92 Å². The van der Waals surface area contributed by atoms with Gasteiger partial charge in [-0.25, -0.2) is 9.97 Å². The molecule has 1 aromatic carbocycles. The van der Waals surface area contributed by atoms with Crippen molar-refractivity contribution in [3.8, 4) is 22.9 Å². The molecule has 0 radical (unpaired) electrons. The number of anilines is 1. The third-order valence-corrected chi connectivity index (χ3v) is 3.07. The molecule has 2 aromatic rings. The van der Waals surface area contributed by atoms with Crippen LogP contribution in [0.15, 0.2) is 24.3 Å². The van der Waals surface area contributed by atoms with Gasteiger partial charge in [-0.2, -0.15) is 0 Å². The van der Waals surface area contributed by atoms with Gasteiger partial charge in [-0.1, -0.05) is 13.8 Å². The van der Waals surface area contributed by atoms with Crippen molar-refractivity contribution in [2.24, 2.45) is 5.92 Å². The second-order valence-corrected chi connectivity index (χ2v) is 5.27. The maximum atomic E-state index is 5.90. The van der Waals surface area contributed by atoms with E-state index < -0.39 is 0 Å². The van der Waals surface area contributed by atoms with Crippen LogP contribution in [0.5, 0.6) is 11.5 Å². The van der Waals surface area contributed by atoms with Gasteiger partial charge in [-0.15, -0.1) is 0 Å². The van der Waals surface area contributed by atoms with E-state index in [0.717, 1.165) is 23.4 Å². The lowest BCUT2D eigenvalue weighted by Crippen LogP contribution is -2.04. The summed E-state index contributed by atoms with van der Waals surface area (Å²) in [7, 11) is 3.23. The molecule has 0 saturated heterocycles. The predicted octanol–water partition coefficient (Wildman–Crippen LogP) is 2.94. The van der Waals surface area contributed by atoms with Gasteiger partial charge in [0.15, 0.2) is 5.82 Å². The monoisotopic (exact) mass is 287 g/mol. The smallest absolute Gasteiger partial charge is 0.165 e. The Balaban J connectivity index is 2.48. The van der Waals surface area contributed by atoms with Crippen molar-refractivity contribution in [1.82, 2.24) is 9.97 Å². The third kappa shape index (κ3) is 3.62. The molecule has 0 saturated carbocycles. The van der Waals surface area contributed by atoms with Crippen molar-refractivity contribution in [1.29, 1.82) is 0 Å². The zero-order valence-corrected chi connectivity index (χ0v) is 12.9. The Hall–Kier alpha value is -2.30. The van der Waals surface area contributed by atoms with Gasteiger partial charge >= 0.3 is 0 Å². The van der Waals surface area contributed by atoms with Gasteiger partial charge in [-0.3, -0.25) is 0 Å². The maximum Gasteiger partial charge on any atom is 0.165 e. The van der Waals surface area contributed by atoms with Crippen LogP contribution in [-0.2, 0) is 6.42 Å². The lowest BCUT2D eigenvalue weighted by Gasteiger charge is -2.11. The summed E-state index contributed by atoms with van der Waals surface area (Å²) in [6.07, 6.45) is 0.859. The van der Waals surface area contributed by atoms with E-state index in [9.17, 15) is 0 Å². The summed E-state index contributed by atoms with van der Waals surface area (Å²) >= 11 is 0. The topological polar surface area (TPSA) is 70.3 Å². The SMILES string of the molecule is COc1ccc(-c2nc(N)cc(CC(C)C)n2)c(OC)c1. The Morgan fingerprint density at radius 2 is 1.86 bits per heavy atom. The number of hydrogen-bond acceptors (Lipinski definition) is 5. The van der Waals surface area contributed by atoms with E-state index in [0.29, 0.717) is 23.3 Å². The molecule has 0 amide bonds. The van der Waals surface area contributed by atoms with E-state index in [4.69, 9.17) is 15.2 Å². The van der Waals surface area contributed by atoms with Gasteiger partial charge in [0.2, 0.25) is 0 Å². The molecule has 1 heterocycles. The molecule has 112 valence electrons. The fourth-order valence-electron chi connectivity index (χ4n) is 2.15. The van der Waals surface area contributed by atoms with Crippen LogP contribution in [-0.4, -0.2) is 24.2 Å². The van der Waals surface area contributed by atoms with E-state index in [2.05, 4.69) is 23.8 Å². The molecule has 21 heavy (non-hydrogen) atoms. The number of nitrogen functional groups attached to an aromatic ring is 1. The van der Waals surface area contributed by atoms with Crippen LogP contribution in [0.4, 0.5) is 5.82 Å². The highest BCUT2D eigenvalue weighted by Crippen LogP contribution is 2.31. The van der Waals surface area contributed by atoms with Gasteiger partial charge < -0.3 is 15.2 Å². The Labute approximate surface area is 125 Å². The highest BCUT2D eigenvalue weighted by Gasteiger charge is 2.12. The molecular formula is C16H21N3O2. The molecular weight excluding hydrogens is 266 g/mol. The van der Waals surface area contributed by atoms with Crippen LogP contribution in [0.2, 0.25) is 0 Å². The molecule has 2 rings (SSSR count). The molecule has 5 heteroatoms. The van der Waals surface area contributed by atoms with Crippen molar-refractivity contribution in [3.05, 3.63) is 30.0 Å². The highest BCUT2D eigenvalue weighted by atomic mass is 16.5. The van der Waals surface area contributed by atoms with Crippen molar-refractivity contribution >= 4 is 5.82 Å². The summed E-state index contributed by atoms with van der Waals surface area (Å²) in [5.41, 5.74) is 7.64. The number of benzene rings is 1. The summed E-state index contributed by atoms with van der Waals surface area (Å²) < 4.78 is 10.6. The number of aromatic nitrogens is 2. The van der Waals surface area contributed by atoms with E-state index in [-0.39, 0.29) is 0 Å². The zero-order valence-electron chi connectivity index (χ0n) is 12.9. The Bertz CT molecular complexity index is 627. The Morgan fingerprint density at radius 3 is 2.48 bits per heavy atom. The van der Waals surface area contributed by atoms with Crippen LogP contribution in [0.1, 0.15) is 19.5 Å². The number of methoxy groups -OCH3 is 2. The summed E-state index contributed by atoms with van der Waals surface area (Å²) in [4.78, 5) is 8.92. The maximum absolute atomic E-state index is 5.90. The molecule has 0 fully saturated rings. The fraction of sp³-hybridized carbons (Fsp3) is 0.375. The molecule has 2 N–H and O–H groups in total. The second kappa shape index (κ2) is 6.43. The van der Waals surface area contributed by atoms with Crippen LogP contribution in [0.3, 0.4) is 0 Å². The predicted molar refractivity (Wildman–Crippen MR) is 83.5 cm³/mol. The Kier molecular flexibility index (Phi) is 4.62. The van der Waals surface area contributed by atoms with Crippen LogP contribution >= 0.6 is 0 Å². The zero-order chi connectivity index (χ0) is 15.4. The first-order valence-electron chi connectivity index (χ1n) is 6.89. The number of ether oxygens (including phenoxy) is 2. The molecule has 0 unspecified atom stereocenters. The number of hydrogen-bond donors (Lipinski definition) is 1. The Morgan fingerprint density at radius 1 is 1.10 bits per heavy atom. The van der Waals surface area contributed by atoms with Crippen molar-refractivity contribution < 1.29 is 9.47 Å². The fourth-order valence-corrected chi connectivity index (χ4v) is 2.15. The molecule has 0 atom stereocenters. The van der Waals surface area contributed by atoms with Crippen molar-refractivity contribution in [2.75, 3.05) is 20.0 Å². The van der Waals surface area contributed by atoms with E-state index in [1.165, 1.54) is 0 Å². The minimum atomic E-state index is 0.466. The van der Waals surface area contributed by atoms with E-state index in [1.807, 2.05) is 24.3 Å². The van der Waals surface area contributed by atoms with Gasteiger partial charge in [0.05, 0.1) is 19.8 Å². The van der Waals surface area contributed by atoms with Gasteiger partial charge in [-0.05, 0) is 24.5 Å². The molecule has 0 aliphatic carbocycles. The van der Waals surface area contributed by atoms with Gasteiger partial charge in [0.1, 0.15) is 17.3 Å². The summed E-state index contributed by atoms with van der Waals surface area (Å²) in [5.74, 6) is 2.93. The normalized spacial score (nSPS) is 10.7. The molecule has 0 aliphatic rings. The van der Waals surface area contributed by atoms with Gasteiger partial charge in [0.25, 0.3) is 0 Å². The largest absolute Gasteiger partial charge is 0.497 e. The number of nitrogens with zero attached hydrogens (tertiary/aromatic N) is 2. The van der Waals surface area contributed by atoms with Crippen LogP contribution < -0.4 is 15.2 Å². The standard InChI is InChI=1S/C16H21N3O2/c1-10(2)7-11-8-15(17)19-16(18-11)13-6-5-12(20-3)9-14(13)21-4/h5-6,8-10H,7H2,1-4H3,(H2,17,18,19). The third-order valence-electron chi connectivity index (χ3n) is 3.07. The van der Waals surface area contributed by atoms with Gasteiger partial charge in [0, 0.05) is 17.8 Å². The van der Waals surface area contributed by atoms with E-state index >= 15 is 0 Å². The highest BCUT2D eigenvalue weighted by molar-refractivity contribution is 5.66. The van der Waals surface area contributed by atoms with Crippen LogP contribution in [0.25, 0.3) is 11.4 Å². The first-order valence-corrected chi connectivity index (χ1v) is 6.89. The second-order valence-electron chi connectivity index (χ2n) is 5.27. The number of nitrogens with two attached hydrogens (primary N) is 1. The summed E-state index contributed by atoms with van der Waals surface area (Å²) in [6, 6.07) is 7.36. The summed E-state index contributed by atoms with van der Waals surface area (Å²) in [6.45, 7) is 4.29. The molecule has 0 bridgehead atoms. The molecule has 0 aliphatic heterocycles.